The van der Waals surface area contributed by atoms with Crippen molar-refractivity contribution in [2.24, 2.45) is 0 Å². The van der Waals surface area contributed by atoms with Gasteiger partial charge in [0, 0.05) is 16.8 Å². The fraction of sp³-hybridized carbons (Fsp3) is 0.200. The molecule has 0 bridgehead atoms. The van der Waals surface area contributed by atoms with Crippen molar-refractivity contribution >= 4 is 50.1 Å². The molecule has 7 nitrogen and oxygen atoms in total. The quantitative estimate of drug-likeness (QED) is 0.543. The van der Waals surface area contributed by atoms with Gasteiger partial charge in [-0.15, -0.1) is 11.3 Å². The van der Waals surface area contributed by atoms with Crippen molar-refractivity contribution in [1.82, 2.24) is 10.3 Å². The van der Waals surface area contributed by atoms with Gasteiger partial charge < -0.3 is 15.0 Å². The lowest BCUT2D eigenvalue weighted by molar-refractivity contribution is 0.417. The summed E-state index contributed by atoms with van der Waals surface area (Å²) in [6.45, 7) is 0. The molecule has 3 heterocycles. The average molecular weight is 461 g/mol. The molecule has 2 N–H and O–H groups in total. The van der Waals surface area contributed by atoms with Gasteiger partial charge >= 0.3 is 0 Å². The van der Waals surface area contributed by atoms with Gasteiger partial charge in [-0.3, -0.25) is 9.71 Å². The van der Waals surface area contributed by atoms with Crippen molar-refractivity contribution in [2.75, 3.05) is 23.0 Å². The molecule has 0 unspecified atom stereocenters. The Morgan fingerprint density at radius 3 is 2.70 bits per heavy atom. The van der Waals surface area contributed by atoms with Crippen LogP contribution in [0.25, 0.3) is 0 Å². The Morgan fingerprint density at radius 1 is 1.23 bits per heavy atom. The van der Waals surface area contributed by atoms with Crippen LogP contribution in [0.3, 0.4) is 0 Å². The molecule has 0 spiro atoms. The van der Waals surface area contributed by atoms with Crippen LogP contribution in [0.1, 0.15) is 22.7 Å². The summed E-state index contributed by atoms with van der Waals surface area (Å²) in [5.74, 6) is 0.427. The van der Waals surface area contributed by atoms with Crippen LogP contribution in [0.15, 0.2) is 60.1 Å². The number of aromatic nitrogens is 1. The van der Waals surface area contributed by atoms with Gasteiger partial charge in [0.1, 0.15) is 5.75 Å². The molecular formula is C20H20N4O3S3. The number of rotatable bonds is 6. The molecule has 1 aliphatic heterocycles. The van der Waals surface area contributed by atoms with E-state index >= 15 is 0 Å². The molecule has 10 heteroatoms. The van der Waals surface area contributed by atoms with E-state index in [4.69, 9.17) is 17.0 Å². The van der Waals surface area contributed by atoms with E-state index < -0.39 is 10.0 Å². The summed E-state index contributed by atoms with van der Waals surface area (Å²) < 4.78 is 31.5. The predicted molar refractivity (Wildman–Crippen MR) is 124 cm³/mol. The summed E-state index contributed by atoms with van der Waals surface area (Å²) in [7, 11) is -1.98. The number of benzene rings is 1. The second-order valence-corrected chi connectivity index (χ2v) is 9.89. The maximum Gasteiger partial charge on any atom is 0.229 e. The summed E-state index contributed by atoms with van der Waals surface area (Å²) in [5.41, 5.74) is 1.98. The van der Waals surface area contributed by atoms with Crippen molar-refractivity contribution in [2.45, 2.75) is 12.1 Å². The SMILES string of the molecule is COc1ccc(N2C(=S)N[C@@H](c3ccccn3)[C@@H]2c2cccs2)cc1NS(C)(=O)=O. The van der Waals surface area contributed by atoms with Crippen LogP contribution in [0.4, 0.5) is 11.4 Å². The van der Waals surface area contributed by atoms with Gasteiger partial charge in [-0.05, 0) is 54.0 Å². The zero-order valence-corrected chi connectivity index (χ0v) is 18.7. The van der Waals surface area contributed by atoms with E-state index in [1.54, 1.807) is 29.7 Å². The molecule has 4 rings (SSSR count). The Hall–Kier alpha value is -2.69. The highest BCUT2D eigenvalue weighted by atomic mass is 32.2. The first-order valence-corrected chi connectivity index (χ1v) is 12.2. The summed E-state index contributed by atoms with van der Waals surface area (Å²) in [6.07, 6.45) is 2.86. The Kier molecular flexibility index (Phi) is 5.63. The van der Waals surface area contributed by atoms with Crippen molar-refractivity contribution < 1.29 is 13.2 Å². The number of methoxy groups -OCH3 is 1. The summed E-state index contributed by atoms with van der Waals surface area (Å²) in [5, 5.41) is 5.95. The summed E-state index contributed by atoms with van der Waals surface area (Å²) in [4.78, 5) is 7.63. The van der Waals surface area contributed by atoms with Gasteiger partial charge in [-0.2, -0.15) is 0 Å². The molecule has 0 saturated carbocycles. The van der Waals surface area contributed by atoms with Gasteiger partial charge in [0.05, 0.1) is 36.8 Å². The number of pyridine rings is 1. The van der Waals surface area contributed by atoms with Gasteiger partial charge in [0.2, 0.25) is 10.0 Å². The third kappa shape index (κ3) is 4.11. The van der Waals surface area contributed by atoms with E-state index in [0.29, 0.717) is 16.5 Å². The molecule has 1 saturated heterocycles. The normalized spacial score (nSPS) is 18.9. The van der Waals surface area contributed by atoms with Crippen LogP contribution in [-0.4, -0.2) is 31.9 Å². The Morgan fingerprint density at radius 2 is 2.07 bits per heavy atom. The van der Waals surface area contributed by atoms with E-state index in [0.717, 1.165) is 22.5 Å². The minimum absolute atomic E-state index is 0.133. The van der Waals surface area contributed by atoms with E-state index in [1.165, 1.54) is 7.11 Å². The third-order valence-electron chi connectivity index (χ3n) is 4.69. The van der Waals surface area contributed by atoms with Gasteiger partial charge in [-0.1, -0.05) is 12.1 Å². The summed E-state index contributed by atoms with van der Waals surface area (Å²) >= 11 is 7.32. The number of nitrogens with zero attached hydrogens (tertiary/aromatic N) is 2. The van der Waals surface area contributed by atoms with Crippen LogP contribution in [0, 0.1) is 0 Å². The monoisotopic (exact) mass is 460 g/mol. The average Bonchev–Trinajstić information content (AvgIpc) is 3.35. The maximum atomic E-state index is 11.8. The van der Waals surface area contributed by atoms with Crippen LogP contribution in [-0.2, 0) is 10.0 Å². The number of ether oxygens (including phenoxy) is 1. The zero-order chi connectivity index (χ0) is 21.3. The maximum absolute atomic E-state index is 11.8. The van der Waals surface area contributed by atoms with Crippen molar-refractivity contribution in [3.05, 3.63) is 70.7 Å². The van der Waals surface area contributed by atoms with E-state index in [9.17, 15) is 8.42 Å². The fourth-order valence-electron chi connectivity index (χ4n) is 3.51. The zero-order valence-electron chi connectivity index (χ0n) is 16.3. The number of thiocarbonyl (C=S) groups is 1. The highest BCUT2D eigenvalue weighted by molar-refractivity contribution is 7.92. The lowest BCUT2D eigenvalue weighted by Crippen LogP contribution is -2.29. The first-order chi connectivity index (χ1) is 14.4. The molecule has 3 aromatic rings. The Bertz CT molecular complexity index is 1150. The second-order valence-electron chi connectivity index (χ2n) is 6.77. The van der Waals surface area contributed by atoms with E-state index in [2.05, 4.69) is 21.1 Å². The first kappa shape index (κ1) is 20.6. The molecule has 2 atom stereocenters. The second kappa shape index (κ2) is 8.21. The first-order valence-electron chi connectivity index (χ1n) is 9.07. The molecule has 156 valence electrons. The standard InChI is InChI=1S/C20H20N4O3S3/c1-27-16-9-8-13(12-15(16)23-30(2,25)26)24-19(17-7-5-11-29-17)18(22-20(24)28)14-6-3-4-10-21-14/h3-12,18-19,23H,1-2H3,(H,22,28)/t18-,19-/m0/s1. The molecular weight excluding hydrogens is 440 g/mol. The van der Waals surface area contributed by atoms with E-state index in [-0.39, 0.29) is 12.1 Å². The number of sulfonamides is 1. The highest BCUT2D eigenvalue weighted by Gasteiger charge is 2.41. The molecule has 0 aliphatic carbocycles. The van der Waals surface area contributed by atoms with Crippen LogP contribution >= 0.6 is 23.6 Å². The Labute approximate surface area is 184 Å². The topological polar surface area (TPSA) is 83.6 Å². The lowest BCUT2D eigenvalue weighted by atomic mass is 10.0. The molecule has 0 amide bonds. The highest BCUT2D eigenvalue weighted by Crippen LogP contribution is 2.44. The molecule has 0 radical (unpaired) electrons. The smallest absolute Gasteiger partial charge is 0.229 e. The minimum Gasteiger partial charge on any atom is -0.495 e. The van der Waals surface area contributed by atoms with E-state index in [1.807, 2.05) is 40.6 Å². The van der Waals surface area contributed by atoms with Gasteiger partial charge in [0.15, 0.2) is 5.11 Å². The number of hydrogen-bond acceptors (Lipinski definition) is 6. The largest absolute Gasteiger partial charge is 0.495 e. The molecule has 2 aromatic heterocycles. The molecule has 1 aliphatic rings. The molecule has 1 fully saturated rings. The molecule has 30 heavy (non-hydrogen) atoms. The van der Waals surface area contributed by atoms with Gasteiger partial charge in [-0.25, -0.2) is 8.42 Å². The lowest BCUT2D eigenvalue weighted by Gasteiger charge is -2.27. The number of thiophene rings is 1. The number of nitrogens with one attached hydrogen (secondary N) is 2. The van der Waals surface area contributed by atoms with Crippen LogP contribution in [0.2, 0.25) is 0 Å². The number of anilines is 2. The fourth-order valence-corrected chi connectivity index (χ4v) is 5.26. The summed E-state index contributed by atoms with van der Waals surface area (Å²) in [6, 6.07) is 14.9. The van der Waals surface area contributed by atoms with Gasteiger partial charge in [0.25, 0.3) is 0 Å². The third-order valence-corrected chi connectivity index (χ3v) is 6.54. The predicted octanol–water partition coefficient (Wildman–Crippen LogP) is 3.70. The van der Waals surface area contributed by atoms with Crippen molar-refractivity contribution in [3.8, 4) is 5.75 Å². The van der Waals surface area contributed by atoms with Crippen LogP contribution < -0.4 is 19.7 Å². The van der Waals surface area contributed by atoms with Crippen LogP contribution in [0.5, 0.6) is 5.75 Å². The number of hydrogen-bond donors (Lipinski definition) is 2. The molecule has 1 aromatic carbocycles. The Balaban J connectivity index is 1.80. The van der Waals surface area contributed by atoms with Crippen molar-refractivity contribution in [3.63, 3.8) is 0 Å². The van der Waals surface area contributed by atoms with Crippen molar-refractivity contribution in [1.29, 1.82) is 0 Å². The minimum atomic E-state index is -3.48.